The largest absolute Gasteiger partial charge is 0.338 e. The Morgan fingerprint density at radius 2 is 2.28 bits per heavy atom. The second-order valence-corrected chi connectivity index (χ2v) is 6.22. The van der Waals surface area contributed by atoms with Gasteiger partial charge in [0.05, 0.1) is 0 Å². The fraction of sp³-hybridized carbons (Fsp3) is 0.929. The van der Waals surface area contributed by atoms with Crippen molar-refractivity contribution in [2.75, 3.05) is 33.2 Å². The maximum absolute atomic E-state index is 11.9. The van der Waals surface area contributed by atoms with E-state index in [1.165, 1.54) is 32.2 Å². The summed E-state index contributed by atoms with van der Waals surface area (Å²) in [5.41, 5.74) is 0. The molecule has 0 saturated carbocycles. The molecule has 102 valence electrons. The molecule has 3 rings (SSSR count). The van der Waals surface area contributed by atoms with Crippen molar-refractivity contribution in [1.29, 1.82) is 0 Å². The molecule has 0 aromatic carbocycles. The Labute approximate surface area is 110 Å². The third-order valence-electron chi connectivity index (χ3n) is 4.96. The summed E-state index contributed by atoms with van der Waals surface area (Å²) in [4.78, 5) is 16.5. The van der Waals surface area contributed by atoms with Gasteiger partial charge in [-0.2, -0.15) is 0 Å². The highest BCUT2D eigenvalue weighted by Gasteiger charge is 2.44. The van der Waals surface area contributed by atoms with E-state index < -0.39 is 0 Å². The lowest BCUT2D eigenvalue weighted by Crippen LogP contribution is -2.45. The van der Waals surface area contributed by atoms with Gasteiger partial charge in [0.2, 0.25) is 5.91 Å². The zero-order chi connectivity index (χ0) is 12.5. The number of carbonyl (C=O) groups excluding carboxylic acids is 1. The van der Waals surface area contributed by atoms with Crippen LogP contribution in [0, 0.1) is 5.92 Å². The molecule has 3 heterocycles. The second-order valence-electron chi connectivity index (χ2n) is 6.22. The van der Waals surface area contributed by atoms with E-state index in [1.807, 2.05) is 0 Å². The van der Waals surface area contributed by atoms with Crippen molar-refractivity contribution in [3.05, 3.63) is 0 Å². The monoisotopic (exact) mass is 251 g/mol. The van der Waals surface area contributed by atoms with Gasteiger partial charge in [-0.1, -0.05) is 0 Å². The Balaban J connectivity index is 1.58. The minimum absolute atomic E-state index is 0.385. The molecule has 0 radical (unpaired) electrons. The van der Waals surface area contributed by atoms with Crippen LogP contribution in [0.25, 0.3) is 0 Å². The molecule has 0 aromatic heterocycles. The number of nitrogens with zero attached hydrogens (tertiary/aromatic N) is 2. The fourth-order valence-corrected chi connectivity index (χ4v) is 4.01. The molecule has 3 fully saturated rings. The van der Waals surface area contributed by atoms with Crippen LogP contribution in [0.1, 0.15) is 32.1 Å². The van der Waals surface area contributed by atoms with Gasteiger partial charge in [0.1, 0.15) is 0 Å². The first-order valence-corrected chi connectivity index (χ1v) is 7.46. The third kappa shape index (κ3) is 2.28. The van der Waals surface area contributed by atoms with E-state index >= 15 is 0 Å². The smallest absolute Gasteiger partial charge is 0.224 e. The van der Waals surface area contributed by atoms with Gasteiger partial charge in [-0.05, 0) is 51.7 Å². The second kappa shape index (κ2) is 5.17. The summed E-state index contributed by atoms with van der Waals surface area (Å²) in [6.45, 7) is 4.48. The Kier molecular flexibility index (Phi) is 3.57. The van der Waals surface area contributed by atoms with Gasteiger partial charge in [0.25, 0.3) is 0 Å². The van der Waals surface area contributed by atoms with Crippen molar-refractivity contribution in [3.63, 3.8) is 0 Å². The van der Waals surface area contributed by atoms with Crippen LogP contribution in [0.4, 0.5) is 0 Å². The molecule has 3 aliphatic heterocycles. The first-order chi connectivity index (χ1) is 8.75. The first kappa shape index (κ1) is 12.4. The predicted molar refractivity (Wildman–Crippen MR) is 71.4 cm³/mol. The van der Waals surface area contributed by atoms with Crippen LogP contribution in [0.5, 0.6) is 0 Å². The van der Waals surface area contributed by atoms with Crippen molar-refractivity contribution in [1.82, 2.24) is 15.1 Å². The molecule has 1 N–H and O–H groups in total. The Morgan fingerprint density at radius 3 is 3.06 bits per heavy atom. The number of rotatable bonds is 3. The van der Waals surface area contributed by atoms with Gasteiger partial charge in [0, 0.05) is 31.6 Å². The lowest BCUT2D eigenvalue weighted by molar-refractivity contribution is -0.127. The maximum atomic E-state index is 11.9. The molecular formula is C14H25N3O. The van der Waals surface area contributed by atoms with Gasteiger partial charge >= 0.3 is 0 Å². The molecular weight excluding hydrogens is 226 g/mol. The van der Waals surface area contributed by atoms with E-state index in [-0.39, 0.29) is 0 Å². The highest BCUT2D eigenvalue weighted by molar-refractivity contribution is 5.80. The van der Waals surface area contributed by atoms with E-state index in [4.69, 9.17) is 0 Å². The third-order valence-corrected chi connectivity index (χ3v) is 4.96. The minimum Gasteiger partial charge on any atom is -0.338 e. The number of fused-ring (bicyclic) bond motifs is 1. The molecule has 4 nitrogen and oxygen atoms in total. The summed E-state index contributed by atoms with van der Waals surface area (Å²) < 4.78 is 0. The number of hydrogen-bond donors (Lipinski definition) is 1. The van der Waals surface area contributed by atoms with Crippen LogP contribution in [0.2, 0.25) is 0 Å². The Bertz CT molecular complexity index is 314. The van der Waals surface area contributed by atoms with Gasteiger partial charge in [-0.25, -0.2) is 0 Å². The molecule has 1 amide bonds. The van der Waals surface area contributed by atoms with Crippen molar-refractivity contribution >= 4 is 5.91 Å². The average molecular weight is 251 g/mol. The molecule has 0 aromatic rings. The first-order valence-electron chi connectivity index (χ1n) is 7.46. The van der Waals surface area contributed by atoms with Crippen molar-refractivity contribution in [2.45, 2.75) is 44.2 Å². The van der Waals surface area contributed by atoms with Crippen LogP contribution in [-0.2, 0) is 4.79 Å². The molecule has 4 heteroatoms. The number of hydrogen-bond acceptors (Lipinski definition) is 3. The summed E-state index contributed by atoms with van der Waals surface area (Å²) in [6.07, 6.45) is 5.81. The van der Waals surface area contributed by atoms with Crippen LogP contribution < -0.4 is 5.32 Å². The van der Waals surface area contributed by atoms with Crippen LogP contribution in [0.15, 0.2) is 0 Å². The summed E-state index contributed by atoms with van der Waals surface area (Å²) in [5.74, 6) is 1.16. The molecule has 0 spiro atoms. The summed E-state index contributed by atoms with van der Waals surface area (Å²) >= 11 is 0. The standard InChI is InChI=1S/C14H25N3O/c1-16(10-11-4-2-6-15-9-11)13-8-14(18)17-7-3-5-12(13)17/h11-13,15H,2-10H2,1H3. The highest BCUT2D eigenvalue weighted by Crippen LogP contribution is 2.32. The number of piperidine rings is 1. The van der Waals surface area contributed by atoms with Crippen LogP contribution >= 0.6 is 0 Å². The molecule has 0 bridgehead atoms. The van der Waals surface area contributed by atoms with E-state index in [0.29, 0.717) is 18.0 Å². The zero-order valence-corrected chi connectivity index (χ0v) is 11.4. The molecule has 3 atom stereocenters. The quantitative estimate of drug-likeness (QED) is 0.801. The van der Waals surface area contributed by atoms with Gasteiger partial charge in [0.15, 0.2) is 0 Å². The summed E-state index contributed by atoms with van der Waals surface area (Å²) in [5, 5.41) is 3.48. The van der Waals surface area contributed by atoms with Crippen molar-refractivity contribution in [3.8, 4) is 0 Å². The van der Waals surface area contributed by atoms with E-state index in [2.05, 4.69) is 22.2 Å². The Hall–Kier alpha value is -0.610. The summed E-state index contributed by atoms with van der Waals surface area (Å²) in [6, 6.07) is 0.987. The fourth-order valence-electron chi connectivity index (χ4n) is 4.01. The molecule has 3 unspecified atom stereocenters. The predicted octanol–water partition coefficient (Wildman–Crippen LogP) is 0.681. The molecule has 0 aliphatic carbocycles. The van der Waals surface area contributed by atoms with Crippen molar-refractivity contribution < 1.29 is 4.79 Å². The number of amides is 1. The maximum Gasteiger partial charge on any atom is 0.224 e. The van der Waals surface area contributed by atoms with E-state index in [1.54, 1.807) is 0 Å². The van der Waals surface area contributed by atoms with Gasteiger partial charge in [-0.15, -0.1) is 0 Å². The van der Waals surface area contributed by atoms with Gasteiger partial charge < -0.3 is 15.1 Å². The van der Waals surface area contributed by atoms with E-state index in [9.17, 15) is 4.79 Å². The summed E-state index contributed by atoms with van der Waals surface area (Å²) in [7, 11) is 2.22. The van der Waals surface area contributed by atoms with Crippen LogP contribution in [0.3, 0.4) is 0 Å². The lowest BCUT2D eigenvalue weighted by Gasteiger charge is -2.33. The molecule has 3 aliphatic rings. The highest BCUT2D eigenvalue weighted by atomic mass is 16.2. The van der Waals surface area contributed by atoms with E-state index in [0.717, 1.165) is 32.0 Å². The minimum atomic E-state index is 0.385. The average Bonchev–Trinajstić information content (AvgIpc) is 2.95. The number of likely N-dealkylation sites (N-methyl/N-ethyl adjacent to an activating group) is 1. The van der Waals surface area contributed by atoms with Gasteiger partial charge in [-0.3, -0.25) is 4.79 Å². The SMILES string of the molecule is CN(CC1CCCNC1)C1CC(=O)N2CCCC12. The van der Waals surface area contributed by atoms with Crippen LogP contribution in [-0.4, -0.2) is 61.0 Å². The zero-order valence-electron chi connectivity index (χ0n) is 11.4. The molecule has 3 saturated heterocycles. The Morgan fingerprint density at radius 1 is 1.39 bits per heavy atom. The normalized spacial score (nSPS) is 36.4. The topological polar surface area (TPSA) is 35.6 Å². The van der Waals surface area contributed by atoms with Crippen molar-refractivity contribution in [2.24, 2.45) is 5.92 Å². The number of nitrogens with one attached hydrogen (secondary N) is 1. The number of carbonyl (C=O) groups is 1. The molecule has 18 heavy (non-hydrogen) atoms. The lowest BCUT2D eigenvalue weighted by atomic mass is 9.97.